The summed E-state index contributed by atoms with van der Waals surface area (Å²) in [6.07, 6.45) is 4.04. The van der Waals surface area contributed by atoms with Crippen LogP contribution in [0.5, 0.6) is 0 Å². The van der Waals surface area contributed by atoms with Crippen LogP contribution in [0.15, 0.2) is 35.1 Å². The molecular weight excluding hydrogens is 278 g/mol. The van der Waals surface area contributed by atoms with Crippen molar-refractivity contribution in [2.45, 2.75) is 32.6 Å². The monoisotopic (exact) mass is 299 g/mol. The van der Waals surface area contributed by atoms with Crippen LogP contribution in [0.3, 0.4) is 0 Å². The molecule has 1 saturated carbocycles. The quantitative estimate of drug-likeness (QED) is 0.947. The smallest absolute Gasteiger partial charge is 0.295 e. The van der Waals surface area contributed by atoms with Gasteiger partial charge in [0.05, 0.1) is 11.4 Å². The van der Waals surface area contributed by atoms with E-state index in [0.717, 1.165) is 37.1 Å². The van der Waals surface area contributed by atoms with Gasteiger partial charge in [-0.3, -0.25) is 14.3 Å². The molecule has 2 aromatic rings. The summed E-state index contributed by atoms with van der Waals surface area (Å²) in [4.78, 5) is 25.0. The molecule has 1 aliphatic carbocycles. The molecule has 1 amide bonds. The van der Waals surface area contributed by atoms with E-state index >= 15 is 0 Å². The first-order chi connectivity index (χ1) is 10.6. The average molecular weight is 299 g/mol. The summed E-state index contributed by atoms with van der Waals surface area (Å²) in [5, 5.41) is 2.86. The number of carbonyl (C=O) groups excluding carboxylic acids is 1. The molecule has 1 aromatic carbocycles. The minimum absolute atomic E-state index is 0.0245. The van der Waals surface area contributed by atoms with E-state index < -0.39 is 0 Å². The largest absolute Gasteiger partial charge is 0.320 e. The summed E-state index contributed by atoms with van der Waals surface area (Å²) in [6, 6.07) is 9.45. The Kier molecular flexibility index (Phi) is 3.88. The van der Waals surface area contributed by atoms with E-state index in [1.807, 2.05) is 44.3 Å². The fourth-order valence-electron chi connectivity index (χ4n) is 3.13. The zero-order valence-electron chi connectivity index (χ0n) is 13.0. The van der Waals surface area contributed by atoms with Gasteiger partial charge in [-0.1, -0.05) is 31.0 Å². The van der Waals surface area contributed by atoms with Gasteiger partial charge in [0, 0.05) is 13.0 Å². The van der Waals surface area contributed by atoms with E-state index in [2.05, 4.69) is 5.32 Å². The Morgan fingerprint density at radius 3 is 2.45 bits per heavy atom. The number of hydrogen-bond acceptors (Lipinski definition) is 2. The predicted molar refractivity (Wildman–Crippen MR) is 86.3 cm³/mol. The summed E-state index contributed by atoms with van der Waals surface area (Å²) < 4.78 is 3.36. The number of para-hydroxylation sites is 1. The Balaban J connectivity index is 1.96. The zero-order valence-corrected chi connectivity index (χ0v) is 13.0. The van der Waals surface area contributed by atoms with Crippen LogP contribution in [0.25, 0.3) is 5.69 Å². The number of benzene rings is 1. The van der Waals surface area contributed by atoms with Crippen molar-refractivity contribution in [3.8, 4) is 5.69 Å². The van der Waals surface area contributed by atoms with Crippen molar-refractivity contribution < 1.29 is 4.79 Å². The zero-order chi connectivity index (χ0) is 15.7. The topological polar surface area (TPSA) is 56.0 Å². The first-order valence-electron chi connectivity index (χ1n) is 7.74. The van der Waals surface area contributed by atoms with Crippen LogP contribution >= 0.6 is 0 Å². The highest BCUT2D eigenvalue weighted by Gasteiger charge is 2.25. The minimum atomic E-state index is -0.183. The van der Waals surface area contributed by atoms with Crippen LogP contribution < -0.4 is 10.9 Å². The van der Waals surface area contributed by atoms with Crippen LogP contribution in [-0.2, 0) is 11.8 Å². The van der Waals surface area contributed by atoms with Gasteiger partial charge in [-0.2, -0.15) is 0 Å². The van der Waals surface area contributed by atoms with E-state index in [9.17, 15) is 9.59 Å². The van der Waals surface area contributed by atoms with E-state index in [4.69, 9.17) is 0 Å². The molecule has 0 atom stereocenters. The maximum atomic E-state index is 12.7. The van der Waals surface area contributed by atoms with Crippen molar-refractivity contribution in [2.24, 2.45) is 13.0 Å². The molecular formula is C17H21N3O2. The van der Waals surface area contributed by atoms with Crippen LogP contribution in [0.2, 0.25) is 0 Å². The third kappa shape index (κ3) is 2.47. The SMILES string of the molecule is Cc1c(NC(=O)C2CCCC2)c(=O)n(-c2ccccc2)n1C. The molecule has 0 unspecified atom stereocenters. The number of aromatic nitrogens is 2. The maximum absolute atomic E-state index is 12.7. The van der Waals surface area contributed by atoms with Crippen LogP contribution in [0.1, 0.15) is 31.4 Å². The van der Waals surface area contributed by atoms with Crippen LogP contribution in [0, 0.1) is 12.8 Å². The lowest BCUT2D eigenvalue weighted by Crippen LogP contribution is -2.25. The number of nitrogens with zero attached hydrogens (tertiary/aromatic N) is 2. The first-order valence-corrected chi connectivity index (χ1v) is 7.74. The van der Waals surface area contributed by atoms with Gasteiger partial charge in [-0.05, 0) is 31.9 Å². The van der Waals surface area contributed by atoms with E-state index in [-0.39, 0.29) is 17.4 Å². The van der Waals surface area contributed by atoms with Crippen molar-refractivity contribution >= 4 is 11.6 Å². The van der Waals surface area contributed by atoms with Crippen LogP contribution in [0.4, 0.5) is 5.69 Å². The van der Waals surface area contributed by atoms with Gasteiger partial charge < -0.3 is 5.32 Å². The summed E-state index contributed by atoms with van der Waals surface area (Å²) in [6.45, 7) is 1.85. The molecule has 0 spiro atoms. The number of nitrogens with one attached hydrogen (secondary N) is 1. The fourth-order valence-corrected chi connectivity index (χ4v) is 3.13. The van der Waals surface area contributed by atoms with Crippen LogP contribution in [-0.4, -0.2) is 15.3 Å². The summed E-state index contributed by atoms with van der Waals surface area (Å²) >= 11 is 0. The molecule has 1 fully saturated rings. The molecule has 1 heterocycles. The third-order valence-corrected chi connectivity index (χ3v) is 4.53. The molecule has 1 aromatic heterocycles. The molecule has 116 valence electrons. The predicted octanol–water partition coefficient (Wildman–Crippen LogP) is 2.61. The van der Waals surface area contributed by atoms with Crippen molar-refractivity contribution in [2.75, 3.05) is 5.32 Å². The Morgan fingerprint density at radius 1 is 1.18 bits per heavy atom. The summed E-state index contributed by atoms with van der Waals surface area (Å²) in [5.74, 6) is 0.0210. The number of anilines is 1. The van der Waals surface area contributed by atoms with Crippen molar-refractivity contribution in [1.82, 2.24) is 9.36 Å². The molecule has 0 bridgehead atoms. The second-order valence-corrected chi connectivity index (χ2v) is 5.91. The highest BCUT2D eigenvalue weighted by Crippen LogP contribution is 2.26. The molecule has 0 aliphatic heterocycles. The fraction of sp³-hybridized carbons (Fsp3) is 0.412. The Labute approximate surface area is 129 Å². The Morgan fingerprint density at radius 2 is 1.82 bits per heavy atom. The second kappa shape index (κ2) is 5.83. The summed E-state index contributed by atoms with van der Waals surface area (Å²) in [5.41, 5.74) is 1.76. The van der Waals surface area contributed by atoms with Crippen molar-refractivity contribution in [3.63, 3.8) is 0 Å². The molecule has 5 heteroatoms. The number of rotatable bonds is 3. The van der Waals surface area contributed by atoms with E-state index in [1.54, 1.807) is 9.36 Å². The molecule has 3 rings (SSSR count). The Hall–Kier alpha value is -2.30. The lowest BCUT2D eigenvalue weighted by atomic mass is 10.1. The van der Waals surface area contributed by atoms with Gasteiger partial charge in [-0.15, -0.1) is 0 Å². The van der Waals surface area contributed by atoms with Crippen molar-refractivity contribution in [3.05, 3.63) is 46.4 Å². The minimum Gasteiger partial charge on any atom is -0.320 e. The summed E-state index contributed by atoms with van der Waals surface area (Å²) in [7, 11) is 1.83. The lowest BCUT2D eigenvalue weighted by molar-refractivity contribution is -0.119. The highest BCUT2D eigenvalue weighted by molar-refractivity contribution is 5.93. The average Bonchev–Trinajstić information content (AvgIpc) is 3.13. The maximum Gasteiger partial charge on any atom is 0.295 e. The first kappa shape index (κ1) is 14.6. The van der Waals surface area contributed by atoms with Crippen molar-refractivity contribution in [1.29, 1.82) is 0 Å². The third-order valence-electron chi connectivity index (χ3n) is 4.53. The number of hydrogen-bond donors (Lipinski definition) is 1. The van der Waals surface area contributed by atoms with Gasteiger partial charge >= 0.3 is 0 Å². The van der Waals surface area contributed by atoms with Gasteiger partial charge in [0.1, 0.15) is 5.69 Å². The molecule has 1 N–H and O–H groups in total. The number of amides is 1. The second-order valence-electron chi connectivity index (χ2n) is 5.91. The van der Waals surface area contributed by atoms with Gasteiger partial charge in [-0.25, -0.2) is 4.68 Å². The van der Waals surface area contributed by atoms with Gasteiger partial charge in [0.2, 0.25) is 5.91 Å². The van der Waals surface area contributed by atoms with Gasteiger partial charge in [0.25, 0.3) is 5.56 Å². The molecule has 0 saturated heterocycles. The van der Waals surface area contributed by atoms with E-state index in [0.29, 0.717) is 5.69 Å². The van der Waals surface area contributed by atoms with E-state index in [1.165, 1.54) is 0 Å². The number of carbonyl (C=O) groups is 1. The molecule has 0 radical (unpaired) electrons. The molecule has 1 aliphatic rings. The standard InChI is InChI=1S/C17H21N3O2/c1-12-15(18-16(21)13-8-6-7-9-13)17(22)20(19(12)2)14-10-4-3-5-11-14/h3-5,10-11,13H,6-9H2,1-2H3,(H,18,21). The highest BCUT2D eigenvalue weighted by atomic mass is 16.2. The lowest BCUT2D eigenvalue weighted by Gasteiger charge is -2.09. The normalized spacial score (nSPS) is 15.2. The molecule has 22 heavy (non-hydrogen) atoms. The van der Waals surface area contributed by atoms with Gasteiger partial charge in [0.15, 0.2) is 0 Å². The molecule has 5 nitrogen and oxygen atoms in total. The Bertz CT molecular complexity index is 737.